The molecule has 0 saturated carbocycles. The molecule has 0 unspecified atom stereocenters. The monoisotopic (exact) mass is 810 g/mol. The highest BCUT2D eigenvalue weighted by atomic mass is 127. The van der Waals surface area contributed by atoms with E-state index in [9.17, 15) is 24.9 Å². The highest BCUT2D eigenvalue weighted by Crippen LogP contribution is 2.38. The van der Waals surface area contributed by atoms with E-state index in [-0.39, 0.29) is 49.8 Å². The van der Waals surface area contributed by atoms with Crippen molar-refractivity contribution in [3.05, 3.63) is 96.7 Å². The Balaban J connectivity index is 1.60. The summed E-state index contributed by atoms with van der Waals surface area (Å²) in [6.07, 6.45) is -1.09. The molecule has 3 aromatic carbocycles. The minimum atomic E-state index is -1.37. The van der Waals surface area contributed by atoms with Crippen LogP contribution >= 0.6 is 45.8 Å². The number of aliphatic hydroxyl groups is 3. The molecular weight excluding hydrogens is 778 g/mol. The minimum absolute atomic E-state index is 0.00684. The van der Waals surface area contributed by atoms with Gasteiger partial charge in [0.15, 0.2) is 28.6 Å². The van der Waals surface area contributed by atoms with Crippen molar-refractivity contribution in [3.8, 4) is 17.2 Å². The first-order chi connectivity index (χ1) is 23.1. The van der Waals surface area contributed by atoms with Gasteiger partial charge in [-0.05, 0) is 76.2 Å². The number of halogens is 3. The Morgan fingerprint density at radius 3 is 2.52 bits per heavy atom. The molecule has 254 valence electrons. The van der Waals surface area contributed by atoms with Gasteiger partial charge in [0.25, 0.3) is 5.91 Å². The second-order valence-electron chi connectivity index (χ2n) is 10.9. The summed E-state index contributed by atoms with van der Waals surface area (Å²) < 4.78 is 23.9. The molecule has 3 atom stereocenters. The highest BCUT2D eigenvalue weighted by Gasteiger charge is 2.42. The van der Waals surface area contributed by atoms with Gasteiger partial charge in [-0.3, -0.25) is 9.59 Å². The van der Waals surface area contributed by atoms with Gasteiger partial charge in [0.2, 0.25) is 5.91 Å². The number of methoxy groups -OCH3 is 2. The van der Waals surface area contributed by atoms with E-state index in [2.05, 4.69) is 5.32 Å². The van der Waals surface area contributed by atoms with Crippen molar-refractivity contribution >= 4 is 68.6 Å². The average molecular weight is 811 g/mol. The second kappa shape index (κ2) is 15.8. The molecule has 0 radical (unpaired) electrons. The molecule has 0 saturated heterocycles. The van der Waals surface area contributed by atoms with Crippen LogP contribution < -0.4 is 19.5 Å². The van der Waals surface area contributed by atoms with Crippen LogP contribution in [-0.2, 0) is 17.9 Å². The molecule has 4 aromatic rings. The zero-order valence-corrected chi connectivity index (χ0v) is 29.6. The predicted molar refractivity (Wildman–Crippen MR) is 188 cm³/mol. The quantitative estimate of drug-likeness (QED) is 0.143. The molecule has 0 spiro atoms. The number of nitrogens with zero attached hydrogens (tertiary/aromatic N) is 1. The number of rotatable bonds is 12. The number of benzene rings is 3. The van der Waals surface area contributed by atoms with Crippen molar-refractivity contribution in [3.63, 3.8) is 0 Å². The third-order valence-electron chi connectivity index (χ3n) is 7.90. The van der Waals surface area contributed by atoms with Crippen molar-refractivity contribution in [1.29, 1.82) is 0 Å². The molecule has 0 bridgehead atoms. The lowest BCUT2D eigenvalue weighted by Crippen LogP contribution is -2.54. The minimum Gasteiger partial charge on any atom is -0.493 e. The largest absolute Gasteiger partial charge is 0.493 e. The molecular formula is C34H33Cl2IN2O9. The molecule has 14 heteroatoms. The number of para-hydroxylation sites is 1. The number of amides is 2. The van der Waals surface area contributed by atoms with Gasteiger partial charge >= 0.3 is 0 Å². The first-order valence-electron chi connectivity index (χ1n) is 14.8. The Morgan fingerprint density at radius 2 is 1.83 bits per heavy atom. The molecule has 1 aromatic heterocycles. The zero-order chi connectivity index (χ0) is 34.5. The van der Waals surface area contributed by atoms with Crippen LogP contribution in [0, 0.1) is 3.57 Å². The van der Waals surface area contributed by atoms with E-state index in [4.69, 9.17) is 41.8 Å². The number of ether oxygens (including phenoxy) is 3. The molecule has 0 fully saturated rings. The van der Waals surface area contributed by atoms with Crippen LogP contribution in [0.4, 0.5) is 0 Å². The lowest BCUT2D eigenvalue weighted by Gasteiger charge is -2.40. The molecule has 1 aliphatic carbocycles. The third kappa shape index (κ3) is 7.69. The number of carbonyl (C=O) groups excluding carboxylic acids is 2. The summed E-state index contributed by atoms with van der Waals surface area (Å²) in [7, 11) is 2.94. The molecule has 1 aliphatic rings. The van der Waals surface area contributed by atoms with Gasteiger partial charge in [0, 0.05) is 40.5 Å². The number of hydrogen-bond donors (Lipinski definition) is 4. The summed E-state index contributed by atoms with van der Waals surface area (Å²) >= 11 is 14.8. The molecule has 2 amide bonds. The van der Waals surface area contributed by atoms with Crippen molar-refractivity contribution in [2.75, 3.05) is 27.4 Å². The molecule has 48 heavy (non-hydrogen) atoms. The Hall–Kier alpha value is -3.53. The van der Waals surface area contributed by atoms with E-state index < -0.39 is 30.1 Å². The van der Waals surface area contributed by atoms with Crippen LogP contribution in [-0.4, -0.2) is 77.7 Å². The van der Waals surface area contributed by atoms with Crippen LogP contribution in [0.3, 0.4) is 0 Å². The molecule has 11 nitrogen and oxygen atoms in total. The Bertz CT molecular complexity index is 1850. The number of aliphatic hydroxyl groups excluding tert-OH is 3. The maximum atomic E-state index is 14.5. The van der Waals surface area contributed by atoms with E-state index in [0.29, 0.717) is 47.2 Å². The van der Waals surface area contributed by atoms with E-state index >= 15 is 0 Å². The summed E-state index contributed by atoms with van der Waals surface area (Å²) in [5.41, 5.74) is 1.71. The number of fused-ring (bicyclic) bond motifs is 1. The Labute approximate surface area is 300 Å². The summed E-state index contributed by atoms with van der Waals surface area (Å²) in [4.78, 5) is 29.2. The standard InChI is InChI=1S/C34H33Cl2IN2O9/c1-45-26-5-3-4-19-13-29(48-31(19)26)34(44)39(16-20-6-7-22(35)15-23(20)36)25-12-21(33(43)38-8-9-40)14-27(30(25)42)47-32-24(37)10-18(17-41)11-28(32)46-2/h3-7,10-11,13-15,25,27,30,40-42H,8-9,12,16-17H2,1-2H3,(H,38,43)/t25-,27+,30+/m1/s1. The van der Waals surface area contributed by atoms with E-state index in [1.807, 2.05) is 22.6 Å². The number of nitrogens with one attached hydrogen (secondary N) is 1. The molecule has 0 aliphatic heterocycles. The molecule has 5 rings (SSSR count). The van der Waals surface area contributed by atoms with Gasteiger partial charge in [-0.1, -0.05) is 41.4 Å². The molecule has 1 heterocycles. The van der Waals surface area contributed by atoms with Crippen LogP contribution in [0.5, 0.6) is 17.2 Å². The first kappa shape index (κ1) is 35.8. The lowest BCUT2D eigenvalue weighted by molar-refractivity contribution is -0.118. The van der Waals surface area contributed by atoms with Gasteiger partial charge in [-0.25, -0.2) is 0 Å². The number of hydrogen-bond acceptors (Lipinski definition) is 9. The smallest absolute Gasteiger partial charge is 0.290 e. The van der Waals surface area contributed by atoms with Crippen LogP contribution in [0.15, 0.2) is 70.7 Å². The summed E-state index contributed by atoms with van der Waals surface area (Å²) in [5.74, 6) is -0.102. The van der Waals surface area contributed by atoms with E-state index in [1.165, 1.54) is 25.2 Å². The van der Waals surface area contributed by atoms with Gasteiger partial charge < -0.3 is 44.2 Å². The third-order valence-corrected chi connectivity index (χ3v) is 9.28. The topological polar surface area (TPSA) is 151 Å². The van der Waals surface area contributed by atoms with E-state index in [0.717, 1.165) is 0 Å². The Kier molecular flexibility index (Phi) is 11.8. The zero-order valence-electron chi connectivity index (χ0n) is 25.9. The average Bonchev–Trinajstić information content (AvgIpc) is 3.53. The maximum absolute atomic E-state index is 14.5. The van der Waals surface area contributed by atoms with Crippen molar-refractivity contribution < 1.29 is 43.5 Å². The fourth-order valence-corrected chi connectivity index (χ4v) is 6.77. The summed E-state index contributed by atoms with van der Waals surface area (Å²) in [6, 6.07) is 14.0. The van der Waals surface area contributed by atoms with Crippen molar-refractivity contribution in [2.45, 2.75) is 37.8 Å². The molecule has 4 N–H and O–H groups in total. The fraction of sp³-hybridized carbons (Fsp3) is 0.294. The van der Waals surface area contributed by atoms with Crippen molar-refractivity contribution in [2.24, 2.45) is 0 Å². The SMILES string of the molecule is COc1cc(CO)cc(I)c1O[C@H]1C=C(C(=O)NCCO)C[C@@H](N(Cc2ccc(Cl)cc2Cl)C(=O)c2cc3cccc(OC)c3o2)[C@@H]1O. The van der Waals surface area contributed by atoms with Gasteiger partial charge in [-0.2, -0.15) is 0 Å². The fourth-order valence-electron chi connectivity index (χ4n) is 5.51. The normalized spacial score (nSPS) is 17.5. The highest BCUT2D eigenvalue weighted by molar-refractivity contribution is 14.1. The van der Waals surface area contributed by atoms with Gasteiger partial charge in [0.05, 0.1) is 37.0 Å². The van der Waals surface area contributed by atoms with Gasteiger partial charge in [0.1, 0.15) is 12.2 Å². The van der Waals surface area contributed by atoms with Crippen molar-refractivity contribution in [1.82, 2.24) is 10.2 Å². The Morgan fingerprint density at radius 1 is 1.06 bits per heavy atom. The van der Waals surface area contributed by atoms with Gasteiger partial charge in [-0.15, -0.1) is 0 Å². The van der Waals surface area contributed by atoms with E-state index in [1.54, 1.807) is 54.6 Å². The maximum Gasteiger partial charge on any atom is 0.290 e. The van der Waals surface area contributed by atoms with Crippen LogP contribution in [0.1, 0.15) is 28.1 Å². The lowest BCUT2D eigenvalue weighted by atomic mass is 9.87. The summed E-state index contributed by atoms with van der Waals surface area (Å²) in [5, 5.41) is 35.0. The second-order valence-corrected chi connectivity index (χ2v) is 12.9. The number of furan rings is 1. The predicted octanol–water partition coefficient (Wildman–Crippen LogP) is 5.11. The first-order valence-corrected chi connectivity index (χ1v) is 16.6. The van der Waals surface area contributed by atoms with Crippen LogP contribution in [0.2, 0.25) is 10.0 Å². The number of carbonyl (C=O) groups is 2. The summed E-state index contributed by atoms with van der Waals surface area (Å²) in [6.45, 7) is -0.608. The van der Waals surface area contributed by atoms with Crippen LogP contribution in [0.25, 0.3) is 11.0 Å².